The molecule has 0 bridgehead atoms. The Labute approximate surface area is 227 Å². The zero-order valence-corrected chi connectivity index (χ0v) is 21.7. The number of benzene rings is 1. The van der Waals surface area contributed by atoms with E-state index < -0.39 is 29.0 Å². The van der Waals surface area contributed by atoms with E-state index in [0.717, 1.165) is 0 Å². The maximum absolute atomic E-state index is 15.1. The Morgan fingerprint density at radius 3 is 2.73 bits per heavy atom. The van der Waals surface area contributed by atoms with Crippen LogP contribution in [0.3, 0.4) is 0 Å². The van der Waals surface area contributed by atoms with Gasteiger partial charge in [0, 0.05) is 38.1 Å². The highest BCUT2D eigenvalue weighted by Gasteiger charge is 2.33. The van der Waals surface area contributed by atoms with Gasteiger partial charge in [0.05, 0.1) is 31.0 Å². The Morgan fingerprint density at radius 1 is 1.25 bits per heavy atom. The predicted octanol–water partition coefficient (Wildman–Crippen LogP) is 0.518. The minimum Gasteiger partial charge on any atom is -0.443 e. The van der Waals surface area contributed by atoms with Crippen molar-refractivity contribution in [3.63, 3.8) is 0 Å². The van der Waals surface area contributed by atoms with Crippen molar-refractivity contribution in [1.82, 2.24) is 19.8 Å². The second-order valence-electron chi connectivity index (χ2n) is 9.59. The molecule has 16 heteroatoms. The molecular formula is C24H28FN7O8. The number of piperazine rings is 1. The lowest BCUT2D eigenvalue weighted by Gasteiger charge is -2.36. The fraction of sp³-hybridized carbons (Fsp3) is 0.500. The van der Waals surface area contributed by atoms with Crippen LogP contribution in [0.2, 0.25) is 0 Å². The number of aromatic nitrogens is 2. The largest absolute Gasteiger partial charge is 0.443 e. The Balaban J connectivity index is 1.09. The van der Waals surface area contributed by atoms with Gasteiger partial charge in [-0.05, 0) is 23.1 Å². The summed E-state index contributed by atoms with van der Waals surface area (Å²) in [6.07, 6.45) is -0.334. The summed E-state index contributed by atoms with van der Waals surface area (Å²) in [7, 11) is 0. The average Bonchev–Trinajstić information content (AvgIpc) is 3.53. The van der Waals surface area contributed by atoms with Crippen molar-refractivity contribution < 1.29 is 37.9 Å². The molecule has 1 aromatic heterocycles. The number of fused-ring (bicyclic) bond motifs is 1. The van der Waals surface area contributed by atoms with Gasteiger partial charge in [0.15, 0.2) is 0 Å². The van der Waals surface area contributed by atoms with Crippen LogP contribution < -0.4 is 19.9 Å². The van der Waals surface area contributed by atoms with E-state index in [1.165, 1.54) is 28.7 Å². The molecule has 2 fully saturated rings. The van der Waals surface area contributed by atoms with Crippen LogP contribution in [0, 0.1) is 15.9 Å². The number of ether oxygens (including phenoxy) is 3. The lowest BCUT2D eigenvalue weighted by atomic mass is 10.2. The number of anilines is 2. The molecule has 214 valence electrons. The van der Waals surface area contributed by atoms with E-state index in [4.69, 9.17) is 14.2 Å². The van der Waals surface area contributed by atoms with Crippen LogP contribution in [0.25, 0.3) is 0 Å². The van der Waals surface area contributed by atoms with Crippen molar-refractivity contribution in [3.8, 4) is 6.01 Å². The molecule has 0 aliphatic carbocycles. The molecule has 2 aromatic rings. The number of halogens is 1. The van der Waals surface area contributed by atoms with Crippen LogP contribution in [-0.2, 0) is 25.6 Å². The first-order valence-corrected chi connectivity index (χ1v) is 12.7. The molecule has 3 amide bonds. The third kappa shape index (κ3) is 5.90. The SMILES string of the molecule is CC(=O)NC[C@H]1CN(c2ccc(N3CCN(C(=O)CO[C@@H]4COc5nc([N+](=O)[O-])cn5C4)CC3)c(F)c2)C(=O)O1. The highest BCUT2D eigenvalue weighted by Crippen LogP contribution is 2.29. The van der Waals surface area contributed by atoms with Crippen molar-refractivity contribution in [2.24, 2.45) is 0 Å². The molecule has 0 spiro atoms. The van der Waals surface area contributed by atoms with Crippen LogP contribution in [0.1, 0.15) is 6.92 Å². The number of amides is 3. The van der Waals surface area contributed by atoms with Gasteiger partial charge < -0.3 is 39.4 Å². The first kappa shape index (κ1) is 27.1. The van der Waals surface area contributed by atoms with Crippen LogP contribution >= 0.6 is 0 Å². The van der Waals surface area contributed by atoms with E-state index in [0.29, 0.717) is 37.6 Å². The molecular weight excluding hydrogens is 533 g/mol. The third-order valence-electron chi connectivity index (χ3n) is 6.82. The molecule has 0 unspecified atom stereocenters. The first-order valence-electron chi connectivity index (χ1n) is 12.7. The van der Waals surface area contributed by atoms with Crippen molar-refractivity contribution in [3.05, 3.63) is 40.3 Å². The fourth-order valence-corrected chi connectivity index (χ4v) is 4.75. The van der Waals surface area contributed by atoms with Crippen LogP contribution in [0.4, 0.5) is 26.4 Å². The summed E-state index contributed by atoms with van der Waals surface area (Å²) < 4.78 is 32.9. The summed E-state index contributed by atoms with van der Waals surface area (Å²) in [4.78, 5) is 54.9. The third-order valence-corrected chi connectivity index (χ3v) is 6.82. The Morgan fingerprint density at radius 2 is 2.02 bits per heavy atom. The van der Waals surface area contributed by atoms with Crippen molar-refractivity contribution in [2.75, 3.05) is 62.3 Å². The quantitative estimate of drug-likeness (QED) is 0.355. The molecule has 40 heavy (non-hydrogen) atoms. The monoisotopic (exact) mass is 561 g/mol. The highest BCUT2D eigenvalue weighted by molar-refractivity contribution is 5.90. The van der Waals surface area contributed by atoms with Gasteiger partial charge >= 0.3 is 17.9 Å². The van der Waals surface area contributed by atoms with E-state index in [1.54, 1.807) is 17.0 Å². The van der Waals surface area contributed by atoms with E-state index in [9.17, 15) is 24.5 Å². The van der Waals surface area contributed by atoms with Crippen LogP contribution in [0.15, 0.2) is 24.4 Å². The van der Waals surface area contributed by atoms with Gasteiger partial charge in [-0.25, -0.2) is 9.18 Å². The van der Waals surface area contributed by atoms with Crippen LogP contribution in [0.5, 0.6) is 6.01 Å². The molecule has 1 aromatic carbocycles. The number of nitro groups is 1. The van der Waals surface area contributed by atoms with Gasteiger partial charge in [-0.15, -0.1) is 0 Å². The number of carbonyl (C=O) groups is 3. The maximum atomic E-state index is 15.1. The van der Waals surface area contributed by atoms with Gasteiger partial charge in [-0.2, -0.15) is 0 Å². The van der Waals surface area contributed by atoms with E-state index >= 15 is 4.39 Å². The summed E-state index contributed by atoms with van der Waals surface area (Å²) >= 11 is 0. The molecule has 2 saturated heterocycles. The molecule has 3 aliphatic heterocycles. The topological polar surface area (TPSA) is 162 Å². The number of nitrogens with zero attached hydrogens (tertiary/aromatic N) is 6. The molecule has 4 heterocycles. The zero-order chi connectivity index (χ0) is 28.4. The molecule has 5 rings (SSSR count). The lowest BCUT2D eigenvalue weighted by molar-refractivity contribution is -0.389. The first-order chi connectivity index (χ1) is 19.2. The molecule has 3 aliphatic rings. The van der Waals surface area contributed by atoms with Crippen molar-refractivity contribution in [1.29, 1.82) is 0 Å². The van der Waals surface area contributed by atoms with E-state index in [1.807, 2.05) is 4.90 Å². The number of hydrogen-bond acceptors (Lipinski definition) is 10. The molecule has 0 saturated carbocycles. The van der Waals surface area contributed by atoms with Gasteiger partial charge in [0.1, 0.15) is 37.4 Å². The standard InChI is InChI=1S/C24H28FN7O8/c1-15(33)26-9-17-11-31(24(35)40-17)16-2-3-20(19(25)8-16)28-4-6-29(7-5-28)22(34)14-38-18-10-30-12-21(32(36)37)27-23(30)39-13-18/h2-3,8,12,17-18H,4-7,9-11,13-14H2,1H3,(H,26,33)/t17-,18-/m0/s1. The number of rotatable bonds is 8. The second-order valence-corrected chi connectivity index (χ2v) is 9.59. The fourth-order valence-electron chi connectivity index (χ4n) is 4.75. The van der Waals surface area contributed by atoms with Crippen molar-refractivity contribution in [2.45, 2.75) is 25.7 Å². The number of imidazole rings is 1. The Hall–Kier alpha value is -4.47. The van der Waals surface area contributed by atoms with Gasteiger partial charge in [0.25, 0.3) is 0 Å². The maximum Gasteiger partial charge on any atom is 0.414 e. The lowest BCUT2D eigenvalue weighted by Crippen LogP contribution is -2.50. The second kappa shape index (κ2) is 11.3. The normalized spacial score (nSPS) is 20.6. The number of cyclic esters (lactones) is 1. The predicted molar refractivity (Wildman–Crippen MR) is 136 cm³/mol. The Kier molecular flexibility index (Phi) is 7.68. The number of nitrogens with one attached hydrogen (secondary N) is 1. The Bertz CT molecular complexity index is 1310. The summed E-state index contributed by atoms with van der Waals surface area (Å²) in [5, 5.41) is 13.5. The summed E-state index contributed by atoms with van der Waals surface area (Å²) in [6.45, 7) is 3.49. The van der Waals surface area contributed by atoms with E-state index in [-0.39, 0.29) is 56.5 Å². The number of hydrogen-bond donors (Lipinski definition) is 1. The number of carbonyl (C=O) groups excluding carboxylic acids is 3. The molecule has 15 nitrogen and oxygen atoms in total. The molecule has 0 radical (unpaired) electrons. The zero-order valence-electron chi connectivity index (χ0n) is 21.7. The molecule has 2 atom stereocenters. The average molecular weight is 562 g/mol. The molecule has 1 N–H and O–H groups in total. The van der Waals surface area contributed by atoms with Gasteiger partial charge in [-0.3, -0.25) is 19.1 Å². The van der Waals surface area contributed by atoms with Gasteiger partial charge in [-0.1, -0.05) is 0 Å². The highest BCUT2D eigenvalue weighted by atomic mass is 19.1. The van der Waals surface area contributed by atoms with E-state index in [2.05, 4.69) is 10.3 Å². The van der Waals surface area contributed by atoms with Crippen LogP contribution in [-0.4, -0.2) is 102 Å². The summed E-state index contributed by atoms with van der Waals surface area (Å²) in [5.74, 6) is -1.28. The minimum absolute atomic E-state index is 0.121. The summed E-state index contributed by atoms with van der Waals surface area (Å²) in [6, 6.07) is 4.64. The van der Waals surface area contributed by atoms with Gasteiger partial charge in [0.2, 0.25) is 11.8 Å². The minimum atomic E-state index is -0.608. The smallest absolute Gasteiger partial charge is 0.414 e. The van der Waals surface area contributed by atoms with Crippen molar-refractivity contribution >= 4 is 35.1 Å². The summed E-state index contributed by atoms with van der Waals surface area (Å²) in [5.41, 5.74) is 0.714.